The molecule has 0 aliphatic carbocycles. The van der Waals surface area contributed by atoms with E-state index in [2.05, 4.69) is 9.97 Å². The number of aromatic nitrogens is 2. The second-order valence-electron chi connectivity index (χ2n) is 4.98. The number of nitrogens with one attached hydrogen (secondary N) is 1. The molecule has 1 aromatic carbocycles. The zero-order valence-corrected chi connectivity index (χ0v) is 12.9. The molecule has 9 heteroatoms. The fourth-order valence-electron chi connectivity index (χ4n) is 2.19. The van der Waals surface area contributed by atoms with Crippen molar-refractivity contribution in [3.8, 4) is 17.2 Å². The van der Waals surface area contributed by atoms with Gasteiger partial charge < -0.3 is 14.3 Å². The molecule has 2 aliphatic rings. The highest BCUT2D eigenvalue weighted by atomic mass is 35.5. The summed E-state index contributed by atoms with van der Waals surface area (Å²) >= 11 is 6.24. The lowest BCUT2D eigenvalue weighted by atomic mass is 10.1. The van der Waals surface area contributed by atoms with Crippen molar-refractivity contribution in [1.29, 1.82) is 0 Å². The van der Waals surface area contributed by atoms with Crippen LogP contribution in [0.3, 0.4) is 0 Å². The zero-order valence-electron chi connectivity index (χ0n) is 12.2. The quantitative estimate of drug-likeness (QED) is 0.532. The van der Waals surface area contributed by atoms with Crippen molar-refractivity contribution in [2.75, 3.05) is 6.61 Å². The largest absolute Gasteiger partial charge is 0.492 e. The maximum absolute atomic E-state index is 11.8. The molecule has 0 fully saturated rings. The van der Waals surface area contributed by atoms with Gasteiger partial charge in [0, 0.05) is 11.8 Å². The van der Waals surface area contributed by atoms with E-state index in [-0.39, 0.29) is 35.1 Å². The fraction of sp³-hybridized carbons (Fsp3) is 0.200. The van der Waals surface area contributed by atoms with Crippen LogP contribution in [0.1, 0.15) is 12.8 Å². The summed E-state index contributed by atoms with van der Waals surface area (Å²) in [6, 6.07) is 4.75. The molecule has 8 nitrogen and oxygen atoms in total. The molecule has 0 spiro atoms. The first-order chi connectivity index (χ1) is 11.5. The number of ether oxygens (including phenoxy) is 1. The van der Waals surface area contributed by atoms with Gasteiger partial charge in [-0.15, -0.1) is 0 Å². The van der Waals surface area contributed by atoms with E-state index in [0.29, 0.717) is 17.6 Å². The molecule has 2 N–H and O–H groups in total. The Morgan fingerprint density at radius 3 is 2.92 bits per heavy atom. The zero-order chi connectivity index (χ0) is 17.3. The molecule has 2 heterocycles. The average molecular weight is 351 g/mol. The number of aliphatic carboxylic acids is 1. The Bertz CT molecular complexity index is 1010. The van der Waals surface area contributed by atoms with Crippen LogP contribution >= 0.6 is 11.6 Å². The van der Waals surface area contributed by atoms with Gasteiger partial charge in [0.05, 0.1) is 6.61 Å². The van der Waals surface area contributed by atoms with Crippen LogP contribution in [0.25, 0.3) is 22.4 Å². The Labute approximate surface area is 139 Å². The number of aromatic amines is 1. The Balaban J connectivity index is 2.00. The van der Waals surface area contributed by atoms with Crippen molar-refractivity contribution in [3.63, 3.8) is 0 Å². The Morgan fingerprint density at radius 2 is 2.17 bits per heavy atom. The lowest BCUT2D eigenvalue weighted by Gasteiger charge is -2.10. The van der Waals surface area contributed by atoms with Crippen molar-refractivity contribution in [3.05, 3.63) is 44.1 Å². The molecule has 3 rings (SSSR count). The highest BCUT2D eigenvalue weighted by molar-refractivity contribution is 6.36. The molecular formula is C15H11ClN2O6. The third-order valence-electron chi connectivity index (χ3n) is 3.28. The van der Waals surface area contributed by atoms with Gasteiger partial charge in [-0.25, -0.2) is 4.79 Å². The summed E-state index contributed by atoms with van der Waals surface area (Å²) in [6.45, 7) is 0.174. The number of carboxylic acid groups (broad SMARTS) is 1. The summed E-state index contributed by atoms with van der Waals surface area (Å²) in [6.07, 6.45) is 0.314. The molecule has 0 aromatic heterocycles. The van der Waals surface area contributed by atoms with Crippen LogP contribution in [0, 0.1) is 0 Å². The maximum atomic E-state index is 11.8. The number of hydrogen-bond acceptors (Lipinski definition) is 6. The van der Waals surface area contributed by atoms with E-state index in [1.54, 1.807) is 12.1 Å². The smallest absolute Gasteiger partial charge is 0.351 e. The summed E-state index contributed by atoms with van der Waals surface area (Å²) in [5.74, 6) is -0.722. The number of carboxylic acids is 1. The van der Waals surface area contributed by atoms with Gasteiger partial charge in [-0.05, 0) is 24.6 Å². The van der Waals surface area contributed by atoms with E-state index in [4.69, 9.17) is 25.9 Å². The van der Waals surface area contributed by atoms with Crippen molar-refractivity contribution >= 4 is 28.5 Å². The van der Waals surface area contributed by atoms with Crippen molar-refractivity contribution in [2.24, 2.45) is 0 Å². The van der Waals surface area contributed by atoms with Crippen LogP contribution in [-0.4, -0.2) is 27.7 Å². The van der Waals surface area contributed by atoms with E-state index in [1.807, 2.05) is 0 Å². The molecule has 2 aliphatic heterocycles. The van der Waals surface area contributed by atoms with Crippen LogP contribution in [0.15, 0.2) is 32.2 Å². The van der Waals surface area contributed by atoms with Crippen molar-refractivity contribution < 1.29 is 19.1 Å². The minimum atomic E-state index is -0.908. The minimum absolute atomic E-state index is 0.0147. The van der Waals surface area contributed by atoms with Crippen molar-refractivity contribution in [1.82, 2.24) is 9.97 Å². The molecule has 0 bridgehead atoms. The Hall–Kier alpha value is -2.87. The van der Waals surface area contributed by atoms with Gasteiger partial charge in [0.15, 0.2) is 5.58 Å². The van der Waals surface area contributed by atoms with Gasteiger partial charge in [0.25, 0.3) is 5.56 Å². The average Bonchev–Trinajstić information content (AvgIpc) is 2.52. The molecular weight excluding hydrogens is 340 g/mol. The standard InChI is InChI=1S/C15H11ClN2O6/c16-11-9(23-5-1-2-10(19)20)4-3-7-6-8-13(21)17-15(22)18-14(8)24-12(7)11/h3-4,6H,1-2,5H2,(H,19,20)(H,17,21,22). The van der Waals surface area contributed by atoms with E-state index >= 15 is 0 Å². The number of rotatable bonds is 5. The van der Waals surface area contributed by atoms with E-state index in [0.717, 1.165) is 0 Å². The van der Waals surface area contributed by atoms with Crippen LogP contribution in [-0.2, 0) is 4.79 Å². The SMILES string of the molecule is O=C(O)CCCOc1ccc2cc3c(=O)[nH]c(=O)nc-3oc2c1Cl. The van der Waals surface area contributed by atoms with Gasteiger partial charge in [0.2, 0.25) is 5.89 Å². The maximum Gasteiger partial charge on any atom is 0.351 e. The summed E-state index contributed by atoms with van der Waals surface area (Å²) in [4.78, 5) is 39.2. The number of nitrogens with zero attached hydrogens (tertiary/aromatic N) is 1. The summed E-state index contributed by atoms with van der Waals surface area (Å²) < 4.78 is 10.9. The highest BCUT2D eigenvalue weighted by Crippen LogP contribution is 2.35. The lowest BCUT2D eigenvalue weighted by Crippen LogP contribution is -2.24. The van der Waals surface area contributed by atoms with Gasteiger partial charge in [-0.2, -0.15) is 4.98 Å². The predicted molar refractivity (Wildman–Crippen MR) is 84.9 cm³/mol. The third-order valence-corrected chi connectivity index (χ3v) is 3.64. The normalized spacial score (nSPS) is 11.0. The van der Waals surface area contributed by atoms with E-state index < -0.39 is 17.2 Å². The molecule has 0 saturated carbocycles. The molecule has 24 heavy (non-hydrogen) atoms. The predicted octanol–water partition coefficient (Wildman–Crippen LogP) is 1.88. The second kappa shape index (κ2) is 6.32. The number of fused-ring (bicyclic) bond motifs is 2. The molecule has 0 saturated heterocycles. The summed E-state index contributed by atoms with van der Waals surface area (Å²) in [7, 11) is 0. The first-order valence-electron chi connectivity index (χ1n) is 6.96. The number of benzene rings is 1. The third kappa shape index (κ3) is 3.09. The van der Waals surface area contributed by atoms with E-state index in [9.17, 15) is 14.4 Å². The number of hydrogen-bond donors (Lipinski definition) is 2. The highest BCUT2D eigenvalue weighted by Gasteiger charge is 2.17. The van der Waals surface area contributed by atoms with Crippen LogP contribution in [0.4, 0.5) is 0 Å². The fourth-order valence-corrected chi connectivity index (χ4v) is 2.45. The topological polar surface area (TPSA) is 122 Å². The molecule has 124 valence electrons. The second-order valence-corrected chi connectivity index (χ2v) is 5.36. The summed E-state index contributed by atoms with van der Waals surface area (Å²) in [5.41, 5.74) is -1.06. The Kier molecular flexibility index (Phi) is 4.22. The monoisotopic (exact) mass is 350 g/mol. The van der Waals surface area contributed by atoms with Gasteiger partial charge >= 0.3 is 11.7 Å². The van der Waals surface area contributed by atoms with Gasteiger partial charge in [-0.3, -0.25) is 14.6 Å². The van der Waals surface area contributed by atoms with Crippen LogP contribution in [0.5, 0.6) is 5.75 Å². The first-order valence-corrected chi connectivity index (χ1v) is 7.34. The van der Waals surface area contributed by atoms with Crippen LogP contribution in [0.2, 0.25) is 5.02 Å². The lowest BCUT2D eigenvalue weighted by molar-refractivity contribution is -0.137. The molecule has 0 amide bonds. The number of H-pyrrole nitrogens is 1. The molecule has 0 unspecified atom stereocenters. The minimum Gasteiger partial charge on any atom is -0.492 e. The van der Waals surface area contributed by atoms with Gasteiger partial charge in [0.1, 0.15) is 16.3 Å². The van der Waals surface area contributed by atoms with Crippen molar-refractivity contribution in [2.45, 2.75) is 12.8 Å². The summed E-state index contributed by atoms with van der Waals surface area (Å²) in [5, 5.41) is 9.29. The Morgan fingerprint density at radius 1 is 1.38 bits per heavy atom. The molecule has 0 radical (unpaired) electrons. The first kappa shape index (κ1) is 16.0. The molecule has 0 atom stereocenters. The van der Waals surface area contributed by atoms with Gasteiger partial charge in [-0.1, -0.05) is 11.6 Å². The number of halogens is 1. The van der Waals surface area contributed by atoms with E-state index in [1.165, 1.54) is 6.07 Å². The van der Waals surface area contributed by atoms with Crippen LogP contribution < -0.4 is 16.0 Å². The molecule has 1 aromatic rings. The number of carbonyl (C=O) groups is 1.